The maximum atomic E-state index is 13.1. The Kier molecular flexibility index (Phi) is 6.31. The van der Waals surface area contributed by atoms with Crippen LogP contribution in [0.2, 0.25) is 0 Å². The Morgan fingerprint density at radius 1 is 1.25 bits per heavy atom. The van der Waals surface area contributed by atoms with Crippen molar-refractivity contribution in [3.8, 4) is 0 Å². The van der Waals surface area contributed by atoms with E-state index in [1.807, 2.05) is 19.0 Å². The first-order valence-corrected chi connectivity index (χ1v) is 8.42. The van der Waals surface area contributed by atoms with Crippen molar-refractivity contribution in [1.29, 1.82) is 0 Å². The lowest BCUT2D eigenvalue weighted by Crippen LogP contribution is -2.54. The Morgan fingerprint density at radius 3 is 2.46 bits per heavy atom. The lowest BCUT2D eigenvalue weighted by Gasteiger charge is -2.37. The summed E-state index contributed by atoms with van der Waals surface area (Å²) in [5.74, 6) is -0.446. The third-order valence-corrected chi connectivity index (χ3v) is 4.35. The van der Waals surface area contributed by atoms with E-state index in [2.05, 4.69) is 6.92 Å². The number of piperazine rings is 1. The molecular weight excluding hydrogens is 309 g/mol. The molecule has 1 aliphatic rings. The Balaban J connectivity index is 2.08. The molecule has 132 valence electrons. The second-order valence-electron chi connectivity index (χ2n) is 6.41. The van der Waals surface area contributed by atoms with Crippen molar-refractivity contribution in [1.82, 2.24) is 14.7 Å². The number of amides is 2. The van der Waals surface area contributed by atoms with Crippen LogP contribution in [0.5, 0.6) is 0 Å². The number of hydrogen-bond acceptors (Lipinski definition) is 3. The summed E-state index contributed by atoms with van der Waals surface area (Å²) in [6, 6.07) is 5.44. The van der Waals surface area contributed by atoms with Crippen molar-refractivity contribution in [3.63, 3.8) is 0 Å². The largest absolute Gasteiger partial charge is 0.339 e. The molecule has 0 unspecified atom stereocenters. The molecule has 0 N–H and O–H groups in total. The first-order valence-electron chi connectivity index (χ1n) is 8.42. The quantitative estimate of drug-likeness (QED) is 0.797. The highest BCUT2D eigenvalue weighted by Gasteiger charge is 2.32. The van der Waals surface area contributed by atoms with Gasteiger partial charge in [0, 0.05) is 19.6 Å². The zero-order chi connectivity index (χ0) is 17.7. The van der Waals surface area contributed by atoms with Crippen molar-refractivity contribution in [3.05, 3.63) is 35.6 Å². The van der Waals surface area contributed by atoms with E-state index >= 15 is 0 Å². The molecule has 1 saturated heterocycles. The van der Waals surface area contributed by atoms with Crippen LogP contribution >= 0.6 is 0 Å². The summed E-state index contributed by atoms with van der Waals surface area (Å²) in [5.41, 5.74) is 0.729. The SMILES string of the molecule is CCCCN1CCN(C(=O)[C@H](c2ccc(F)cc2)N(C)C)CC1=O. The van der Waals surface area contributed by atoms with Crippen molar-refractivity contribution in [2.45, 2.75) is 25.8 Å². The molecule has 1 aromatic rings. The van der Waals surface area contributed by atoms with E-state index in [-0.39, 0.29) is 24.2 Å². The Labute approximate surface area is 143 Å². The molecule has 0 saturated carbocycles. The molecular formula is C18H26FN3O2. The van der Waals surface area contributed by atoms with Gasteiger partial charge in [-0.15, -0.1) is 0 Å². The van der Waals surface area contributed by atoms with Crippen LogP contribution in [0.1, 0.15) is 31.4 Å². The Morgan fingerprint density at radius 2 is 1.92 bits per heavy atom. The zero-order valence-corrected chi connectivity index (χ0v) is 14.7. The third kappa shape index (κ3) is 4.32. The summed E-state index contributed by atoms with van der Waals surface area (Å²) in [4.78, 5) is 30.4. The highest BCUT2D eigenvalue weighted by molar-refractivity contribution is 5.89. The van der Waals surface area contributed by atoms with Crippen LogP contribution in [0, 0.1) is 5.82 Å². The predicted molar refractivity (Wildman–Crippen MR) is 90.9 cm³/mol. The van der Waals surface area contributed by atoms with Gasteiger partial charge in [-0.05, 0) is 38.2 Å². The topological polar surface area (TPSA) is 43.9 Å². The van der Waals surface area contributed by atoms with E-state index in [1.54, 1.807) is 21.9 Å². The number of benzene rings is 1. The molecule has 0 spiro atoms. The predicted octanol–water partition coefficient (Wildman–Crippen LogP) is 1.90. The molecule has 6 heteroatoms. The van der Waals surface area contributed by atoms with Gasteiger partial charge in [0.15, 0.2) is 0 Å². The van der Waals surface area contributed by atoms with Crippen LogP contribution in [0.3, 0.4) is 0 Å². The molecule has 1 atom stereocenters. The van der Waals surface area contributed by atoms with Crippen molar-refractivity contribution in [2.75, 3.05) is 40.3 Å². The van der Waals surface area contributed by atoms with E-state index in [4.69, 9.17) is 0 Å². The smallest absolute Gasteiger partial charge is 0.245 e. The van der Waals surface area contributed by atoms with E-state index < -0.39 is 6.04 Å². The number of rotatable bonds is 6. The molecule has 0 bridgehead atoms. The number of nitrogens with zero attached hydrogens (tertiary/aromatic N) is 3. The summed E-state index contributed by atoms with van der Waals surface area (Å²) >= 11 is 0. The molecule has 24 heavy (non-hydrogen) atoms. The van der Waals surface area contributed by atoms with Crippen LogP contribution in [0.15, 0.2) is 24.3 Å². The summed E-state index contributed by atoms with van der Waals surface area (Å²) < 4.78 is 13.1. The van der Waals surface area contributed by atoms with Crippen LogP contribution in [-0.4, -0.2) is 66.8 Å². The summed E-state index contributed by atoms with van der Waals surface area (Å²) in [5, 5.41) is 0. The Hall–Kier alpha value is -1.95. The van der Waals surface area contributed by atoms with Crippen LogP contribution in [0.25, 0.3) is 0 Å². The zero-order valence-electron chi connectivity index (χ0n) is 14.7. The van der Waals surface area contributed by atoms with Crippen LogP contribution in [0.4, 0.5) is 4.39 Å². The van der Waals surface area contributed by atoms with Crippen LogP contribution in [-0.2, 0) is 9.59 Å². The monoisotopic (exact) mass is 335 g/mol. The van der Waals surface area contributed by atoms with E-state index in [0.29, 0.717) is 13.1 Å². The van der Waals surface area contributed by atoms with Crippen LogP contribution < -0.4 is 0 Å². The van der Waals surface area contributed by atoms with Gasteiger partial charge in [-0.25, -0.2) is 4.39 Å². The molecule has 5 nitrogen and oxygen atoms in total. The lowest BCUT2D eigenvalue weighted by molar-refractivity contribution is -0.148. The normalized spacial score (nSPS) is 16.6. The third-order valence-electron chi connectivity index (χ3n) is 4.35. The second kappa shape index (κ2) is 8.24. The fourth-order valence-electron chi connectivity index (χ4n) is 2.96. The Bertz CT molecular complexity index is 574. The highest BCUT2D eigenvalue weighted by Crippen LogP contribution is 2.22. The number of carbonyl (C=O) groups excluding carboxylic acids is 2. The van der Waals surface area contributed by atoms with Gasteiger partial charge >= 0.3 is 0 Å². The maximum absolute atomic E-state index is 13.1. The summed E-state index contributed by atoms with van der Waals surface area (Å²) in [6.45, 7) is 4.09. The lowest BCUT2D eigenvalue weighted by atomic mass is 10.0. The van der Waals surface area contributed by atoms with E-state index in [1.165, 1.54) is 12.1 Å². The average Bonchev–Trinajstić information content (AvgIpc) is 2.55. The number of unbranched alkanes of at least 4 members (excludes halogenated alkanes) is 1. The molecule has 1 aromatic carbocycles. The van der Waals surface area contributed by atoms with Gasteiger partial charge in [-0.2, -0.15) is 0 Å². The molecule has 2 rings (SSSR count). The molecule has 0 radical (unpaired) electrons. The molecule has 1 heterocycles. The van der Waals surface area contributed by atoms with Gasteiger partial charge in [0.1, 0.15) is 11.9 Å². The maximum Gasteiger partial charge on any atom is 0.245 e. The van der Waals surface area contributed by atoms with Gasteiger partial charge in [-0.3, -0.25) is 14.5 Å². The number of likely N-dealkylation sites (N-methyl/N-ethyl adjacent to an activating group) is 1. The van der Waals surface area contributed by atoms with Gasteiger partial charge in [-0.1, -0.05) is 25.5 Å². The van der Waals surface area contributed by atoms with Crippen molar-refractivity contribution >= 4 is 11.8 Å². The fourth-order valence-corrected chi connectivity index (χ4v) is 2.96. The van der Waals surface area contributed by atoms with Crippen molar-refractivity contribution in [2.24, 2.45) is 0 Å². The van der Waals surface area contributed by atoms with E-state index in [0.717, 1.165) is 24.9 Å². The second-order valence-corrected chi connectivity index (χ2v) is 6.41. The average molecular weight is 335 g/mol. The standard InChI is InChI=1S/C18H26FN3O2/c1-4-5-10-21-11-12-22(13-16(21)23)18(24)17(20(2)3)14-6-8-15(19)9-7-14/h6-9,17H,4-5,10-13H2,1-3H3/t17-/m0/s1. The van der Waals surface area contributed by atoms with Gasteiger partial charge in [0.25, 0.3) is 0 Å². The molecule has 0 aliphatic carbocycles. The van der Waals surface area contributed by atoms with E-state index in [9.17, 15) is 14.0 Å². The first kappa shape index (κ1) is 18.4. The van der Waals surface area contributed by atoms with Crippen molar-refractivity contribution < 1.29 is 14.0 Å². The minimum absolute atomic E-state index is 0.000313. The summed E-state index contributed by atoms with van der Waals surface area (Å²) in [6.07, 6.45) is 2.02. The summed E-state index contributed by atoms with van der Waals surface area (Å²) in [7, 11) is 3.62. The fraction of sp³-hybridized carbons (Fsp3) is 0.556. The minimum atomic E-state index is -0.513. The van der Waals surface area contributed by atoms with Gasteiger partial charge in [0.2, 0.25) is 11.8 Å². The minimum Gasteiger partial charge on any atom is -0.339 e. The van der Waals surface area contributed by atoms with Gasteiger partial charge < -0.3 is 9.80 Å². The molecule has 1 aliphatic heterocycles. The number of halogens is 1. The molecule has 2 amide bonds. The molecule has 0 aromatic heterocycles. The number of hydrogen-bond donors (Lipinski definition) is 0. The van der Waals surface area contributed by atoms with Gasteiger partial charge in [0.05, 0.1) is 6.54 Å². The number of carbonyl (C=O) groups is 2. The first-order chi connectivity index (χ1) is 11.4. The molecule has 1 fully saturated rings. The highest BCUT2D eigenvalue weighted by atomic mass is 19.1.